The molecule has 1 fully saturated rings. The number of hydrogen-bond acceptors (Lipinski definition) is 2. The van der Waals surface area contributed by atoms with Crippen LogP contribution in [0.15, 0.2) is 18.2 Å². The predicted octanol–water partition coefficient (Wildman–Crippen LogP) is 3.96. The molecule has 2 amide bonds. The second kappa shape index (κ2) is 7.60. The Morgan fingerprint density at radius 3 is 2.70 bits per heavy atom. The van der Waals surface area contributed by atoms with Crippen LogP contribution < -0.4 is 15.4 Å². The van der Waals surface area contributed by atoms with Crippen LogP contribution in [0.25, 0.3) is 0 Å². The third-order valence-corrected chi connectivity index (χ3v) is 3.83. The number of nitrogens with one attached hydrogen (secondary N) is 2. The van der Waals surface area contributed by atoms with E-state index in [9.17, 15) is 4.79 Å². The first-order valence-corrected chi connectivity index (χ1v) is 7.53. The Hall–Kier alpha value is -1.13. The first kappa shape index (κ1) is 15.3. The normalized spacial score (nSPS) is 15.7. The van der Waals surface area contributed by atoms with Gasteiger partial charge in [-0.1, -0.05) is 42.5 Å². The molecule has 0 bridgehead atoms. The predicted molar refractivity (Wildman–Crippen MR) is 80.5 cm³/mol. The molecule has 20 heavy (non-hydrogen) atoms. The molecule has 0 saturated heterocycles. The summed E-state index contributed by atoms with van der Waals surface area (Å²) in [7, 11) is 0. The average molecular weight is 317 g/mol. The Bertz CT molecular complexity index is 462. The maximum absolute atomic E-state index is 11.7. The van der Waals surface area contributed by atoms with Crippen LogP contribution in [0.1, 0.15) is 32.1 Å². The van der Waals surface area contributed by atoms with Crippen LogP contribution in [-0.4, -0.2) is 18.8 Å². The van der Waals surface area contributed by atoms with E-state index in [1.54, 1.807) is 18.2 Å². The molecule has 0 radical (unpaired) electrons. The van der Waals surface area contributed by atoms with Gasteiger partial charge < -0.3 is 15.4 Å². The molecule has 0 heterocycles. The monoisotopic (exact) mass is 316 g/mol. The van der Waals surface area contributed by atoms with Crippen LogP contribution in [0.5, 0.6) is 5.75 Å². The minimum absolute atomic E-state index is 0.0694. The van der Waals surface area contributed by atoms with E-state index in [2.05, 4.69) is 10.6 Å². The van der Waals surface area contributed by atoms with Gasteiger partial charge in [-0.25, -0.2) is 4.79 Å². The number of carbonyl (C=O) groups is 1. The highest BCUT2D eigenvalue weighted by Crippen LogP contribution is 2.27. The molecule has 2 rings (SSSR count). The van der Waals surface area contributed by atoms with Crippen molar-refractivity contribution >= 4 is 29.2 Å². The number of ether oxygens (including phenoxy) is 1. The van der Waals surface area contributed by atoms with Gasteiger partial charge in [-0.15, -0.1) is 0 Å². The molecule has 6 heteroatoms. The lowest BCUT2D eigenvalue weighted by Crippen LogP contribution is -2.44. The lowest BCUT2D eigenvalue weighted by molar-refractivity contribution is 0.217. The number of halogens is 2. The molecule has 1 aromatic carbocycles. The Morgan fingerprint density at radius 1 is 1.25 bits per heavy atom. The van der Waals surface area contributed by atoms with Crippen LogP contribution in [-0.2, 0) is 0 Å². The topological polar surface area (TPSA) is 50.4 Å². The van der Waals surface area contributed by atoms with Crippen molar-refractivity contribution in [3.8, 4) is 5.75 Å². The summed E-state index contributed by atoms with van der Waals surface area (Å²) in [5.74, 6) is 0.494. The van der Waals surface area contributed by atoms with Gasteiger partial charge in [0, 0.05) is 11.1 Å². The van der Waals surface area contributed by atoms with Gasteiger partial charge >= 0.3 is 6.03 Å². The van der Waals surface area contributed by atoms with Crippen LogP contribution in [0, 0.1) is 0 Å². The summed E-state index contributed by atoms with van der Waals surface area (Å²) >= 11 is 11.8. The Kier molecular flexibility index (Phi) is 5.80. The molecule has 1 aliphatic carbocycles. The number of hydrogen-bond donors (Lipinski definition) is 2. The molecule has 1 aliphatic rings. The maximum atomic E-state index is 11.7. The first-order chi connectivity index (χ1) is 9.65. The Labute approximate surface area is 128 Å². The highest BCUT2D eigenvalue weighted by Gasteiger charge is 2.15. The first-order valence-electron chi connectivity index (χ1n) is 6.77. The van der Waals surface area contributed by atoms with Crippen LogP contribution in [0.4, 0.5) is 4.79 Å². The fourth-order valence-corrected chi connectivity index (χ4v) is 2.72. The summed E-state index contributed by atoms with van der Waals surface area (Å²) in [6.07, 6.45) is 5.73. The fraction of sp³-hybridized carbons (Fsp3) is 0.500. The van der Waals surface area contributed by atoms with E-state index in [1.165, 1.54) is 19.3 Å². The van der Waals surface area contributed by atoms with Crippen LogP contribution in [0.2, 0.25) is 10.0 Å². The summed E-state index contributed by atoms with van der Waals surface area (Å²) in [5.41, 5.74) is 0. The van der Waals surface area contributed by atoms with E-state index in [0.717, 1.165) is 12.8 Å². The van der Waals surface area contributed by atoms with Crippen molar-refractivity contribution in [3.05, 3.63) is 28.2 Å². The summed E-state index contributed by atoms with van der Waals surface area (Å²) in [6.45, 7) is 0.0694. The largest absolute Gasteiger partial charge is 0.472 e. The van der Waals surface area contributed by atoms with E-state index in [4.69, 9.17) is 27.9 Å². The smallest absolute Gasteiger partial charge is 0.317 e. The average Bonchev–Trinajstić information content (AvgIpc) is 2.42. The summed E-state index contributed by atoms with van der Waals surface area (Å²) < 4.78 is 5.39. The lowest BCUT2D eigenvalue weighted by Gasteiger charge is -2.22. The summed E-state index contributed by atoms with van der Waals surface area (Å²) in [4.78, 5) is 11.7. The SMILES string of the molecule is O=C(NCOc1ccc(Cl)cc1Cl)NC1CCCCC1. The van der Waals surface area contributed by atoms with Gasteiger partial charge in [-0.2, -0.15) is 0 Å². The molecule has 0 spiro atoms. The van der Waals surface area contributed by atoms with Crippen molar-refractivity contribution in [2.45, 2.75) is 38.1 Å². The second-order valence-corrected chi connectivity index (χ2v) is 5.69. The number of urea groups is 1. The highest BCUT2D eigenvalue weighted by atomic mass is 35.5. The van der Waals surface area contributed by atoms with Crippen LogP contribution in [0.3, 0.4) is 0 Å². The highest BCUT2D eigenvalue weighted by molar-refractivity contribution is 6.35. The molecular formula is C14H18Cl2N2O2. The molecule has 110 valence electrons. The molecule has 4 nitrogen and oxygen atoms in total. The molecular weight excluding hydrogens is 299 g/mol. The zero-order valence-electron chi connectivity index (χ0n) is 11.1. The molecule has 1 aromatic rings. The summed E-state index contributed by atoms with van der Waals surface area (Å²) in [6, 6.07) is 5.03. The van der Waals surface area contributed by atoms with Crippen molar-refractivity contribution in [1.29, 1.82) is 0 Å². The summed E-state index contributed by atoms with van der Waals surface area (Å²) in [5, 5.41) is 6.57. The van der Waals surface area contributed by atoms with Gasteiger partial charge in [0.15, 0.2) is 6.73 Å². The number of rotatable bonds is 4. The van der Waals surface area contributed by atoms with Gasteiger partial charge in [-0.3, -0.25) is 0 Å². The zero-order chi connectivity index (χ0) is 14.4. The van der Waals surface area contributed by atoms with Gasteiger partial charge in [-0.05, 0) is 31.0 Å². The van der Waals surface area contributed by atoms with Crippen molar-refractivity contribution in [2.24, 2.45) is 0 Å². The van der Waals surface area contributed by atoms with E-state index >= 15 is 0 Å². The fourth-order valence-electron chi connectivity index (χ4n) is 2.26. The van der Waals surface area contributed by atoms with E-state index in [1.807, 2.05) is 0 Å². The van der Waals surface area contributed by atoms with Crippen molar-refractivity contribution < 1.29 is 9.53 Å². The van der Waals surface area contributed by atoms with Crippen LogP contribution >= 0.6 is 23.2 Å². The number of benzene rings is 1. The Morgan fingerprint density at radius 2 is 2.00 bits per heavy atom. The van der Waals surface area contributed by atoms with Gasteiger partial charge in [0.25, 0.3) is 0 Å². The Balaban J connectivity index is 1.70. The molecule has 1 saturated carbocycles. The lowest BCUT2D eigenvalue weighted by atomic mass is 9.96. The maximum Gasteiger partial charge on any atom is 0.317 e. The molecule has 0 aliphatic heterocycles. The molecule has 0 atom stereocenters. The quantitative estimate of drug-likeness (QED) is 0.826. The third kappa shape index (κ3) is 4.76. The molecule has 0 unspecified atom stereocenters. The van der Waals surface area contributed by atoms with E-state index < -0.39 is 0 Å². The van der Waals surface area contributed by atoms with Crippen molar-refractivity contribution in [2.75, 3.05) is 6.73 Å². The number of amides is 2. The van der Waals surface area contributed by atoms with E-state index in [-0.39, 0.29) is 18.8 Å². The molecule has 0 aromatic heterocycles. The number of carbonyl (C=O) groups excluding carboxylic acids is 1. The van der Waals surface area contributed by atoms with E-state index in [0.29, 0.717) is 15.8 Å². The van der Waals surface area contributed by atoms with Gasteiger partial charge in [0.2, 0.25) is 0 Å². The molecule has 2 N–H and O–H groups in total. The minimum atomic E-state index is -0.206. The second-order valence-electron chi connectivity index (χ2n) is 4.85. The standard InChI is InChI=1S/C14H18Cl2N2O2/c15-10-6-7-13(12(16)8-10)20-9-17-14(19)18-11-4-2-1-3-5-11/h6-8,11H,1-5,9H2,(H2,17,18,19). The third-order valence-electron chi connectivity index (χ3n) is 3.29. The minimum Gasteiger partial charge on any atom is -0.472 e. The van der Waals surface area contributed by atoms with Gasteiger partial charge in [0.05, 0.1) is 5.02 Å². The zero-order valence-corrected chi connectivity index (χ0v) is 12.6. The van der Waals surface area contributed by atoms with Gasteiger partial charge in [0.1, 0.15) is 5.75 Å². The van der Waals surface area contributed by atoms with Crippen molar-refractivity contribution in [1.82, 2.24) is 10.6 Å². The van der Waals surface area contributed by atoms with Crippen molar-refractivity contribution in [3.63, 3.8) is 0 Å².